The van der Waals surface area contributed by atoms with Crippen molar-refractivity contribution in [2.24, 2.45) is 11.8 Å². The number of hydrogen-bond donors (Lipinski definition) is 0. The number of rotatable bonds is 3. The molecule has 0 aromatic rings. The topological polar surface area (TPSA) is 0 Å². The van der Waals surface area contributed by atoms with Crippen LogP contribution in [0.25, 0.3) is 0 Å². The summed E-state index contributed by atoms with van der Waals surface area (Å²) in [6, 6.07) is 0. The summed E-state index contributed by atoms with van der Waals surface area (Å²) >= 11 is 0. The van der Waals surface area contributed by atoms with E-state index in [9.17, 15) is 0 Å². The standard InChI is InChI=1S/C8H16/c1-5-8(6-2)7(3)4/h5,7-8H,1,6H2,2-4H3/t8-/m0/s1. The summed E-state index contributed by atoms with van der Waals surface area (Å²) in [5.74, 6) is 1.48. The Morgan fingerprint density at radius 3 is 2.00 bits per heavy atom. The molecule has 0 spiro atoms. The van der Waals surface area contributed by atoms with Gasteiger partial charge in [0.2, 0.25) is 0 Å². The Labute approximate surface area is 52.6 Å². The maximum atomic E-state index is 3.75. The monoisotopic (exact) mass is 112 g/mol. The average Bonchev–Trinajstić information content (AvgIpc) is 1.69. The molecule has 0 aromatic carbocycles. The van der Waals surface area contributed by atoms with Crippen molar-refractivity contribution in [2.75, 3.05) is 0 Å². The third-order valence-corrected chi connectivity index (χ3v) is 1.63. The lowest BCUT2D eigenvalue weighted by atomic mass is 9.94. The van der Waals surface area contributed by atoms with Gasteiger partial charge < -0.3 is 0 Å². The minimum atomic E-state index is 0.718. The normalized spacial score (nSPS) is 14.0. The SMILES string of the molecule is C=C[C@@H](CC)C(C)C. The molecule has 0 heteroatoms. The van der Waals surface area contributed by atoms with E-state index >= 15 is 0 Å². The molecule has 0 fully saturated rings. The Hall–Kier alpha value is -0.260. The summed E-state index contributed by atoms with van der Waals surface area (Å²) in [5.41, 5.74) is 0. The van der Waals surface area contributed by atoms with Gasteiger partial charge in [0.05, 0.1) is 0 Å². The Morgan fingerprint density at radius 1 is 1.50 bits per heavy atom. The van der Waals surface area contributed by atoms with E-state index in [1.165, 1.54) is 6.42 Å². The fourth-order valence-electron chi connectivity index (χ4n) is 0.910. The van der Waals surface area contributed by atoms with E-state index in [0.29, 0.717) is 0 Å². The second-order valence-electron chi connectivity index (χ2n) is 2.55. The third-order valence-electron chi connectivity index (χ3n) is 1.63. The van der Waals surface area contributed by atoms with Crippen LogP contribution in [0, 0.1) is 11.8 Å². The molecule has 0 amide bonds. The molecular weight excluding hydrogens is 96.1 g/mol. The number of allylic oxidation sites excluding steroid dienone is 1. The molecule has 1 atom stereocenters. The van der Waals surface area contributed by atoms with Crippen LogP contribution >= 0.6 is 0 Å². The summed E-state index contributed by atoms with van der Waals surface area (Å²) in [6.45, 7) is 10.4. The maximum Gasteiger partial charge on any atom is -0.0216 e. The van der Waals surface area contributed by atoms with Gasteiger partial charge in [0.15, 0.2) is 0 Å². The van der Waals surface area contributed by atoms with E-state index in [1.807, 2.05) is 6.08 Å². The summed E-state index contributed by atoms with van der Waals surface area (Å²) in [4.78, 5) is 0. The summed E-state index contributed by atoms with van der Waals surface area (Å²) in [6.07, 6.45) is 3.27. The zero-order valence-electron chi connectivity index (χ0n) is 6.15. The van der Waals surface area contributed by atoms with Gasteiger partial charge in [-0.25, -0.2) is 0 Å². The lowest BCUT2D eigenvalue weighted by Crippen LogP contribution is -2.02. The van der Waals surface area contributed by atoms with Crippen molar-refractivity contribution in [1.29, 1.82) is 0 Å². The van der Waals surface area contributed by atoms with Crippen LogP contribution in [0.4, 0.5) is 0 Å². The zero-order valence-corrected chi connectivity index (χ0v) is 6.15. The Morgan fingerprint density at radius 2 is 2.00 bits per heavy atom. The molecule has 8 heavy (non-hydrogen) atoms. The van der Waals surface area contributed by atoms with E-state index < -0.39 is 0 Å². The Bertz CT molecular complexity index is 62.4. The Balaban J connectivity index is 3.51. The second-order valence-corrected chi connectivity index (χ2v) is 2.55. The summed E-state index contributed by atoms with van der Waals surface area (Å²) < 4.78 is 0. The molecule has 0 nitrogen and oxygen atoms in total. The molecule has 0 aromatic heterocycles. The predicted octanol–water partition coefficient (Wildman–Crippen LogP) is 2.85. The molecule has 48 valence electrons. The van der Waals surface area contributed by atoms with Crippen molar-refractivity contribution in [3.8, 4) is 0 Å². The van der Waals surface area contributed by atoms with Crippen molar-refractivity contribution in [3.63, 3.8) is 0 Å². The molecular formula is C8H16. The van der Waals surface area contributed by atoms with Crippen LogP contribution in [0.5, 0.6) is 0 Å². The molecule has 0 bridgehead atoms. The molecule has 0 aliphatic heterocycles. The van der Waals surface area contributed by atoms with Gasteiger partial charge in [-0.15, -0.1) is 6.58 Å². The molecule has 0 rings (SSSR count). The van der Waals surface area contributed by atoms with Crippen molar-refractivity contribution in [2.45, 2.75) is 27.2 Å². The summed E-state index contributed by atoms with van der Waals surface area (Å²) in [5, 5.41) is 0. The van der Waals surface area contributed by atoms with E-state index in [0.717, 1.165) is 11.8 Å². The highest BCUT2D eigenvalue weighted by Crippen LogP contribution is 2.14. The van der Waals surface area contributed by atoms with Gasteiger partial charge in [0.1, 0.15) is 0 Å². The van der Waals surface area contributed by atoms with Crippen LogP contribution < -0.4 is 0 Å². The number of hydrogen-bond acceptors (Lipinski definition) is 0. The molecule has 0 unspecified atom stereocenters. The van der Waals surface area contributed by atoms with Gasteiger partial charge in [0, 0.05) is 0 Å². The first kappa shape index (κ1) is 7.74. The highest BCUT2D eigenvalue weighted by Gasteiger charge is 2.03. The van der Waals surface area contributed by atoms with Crippen LogP contribution in [0.15, 0.2) is 12.7 Å². The van der Waals surface area contributed by atoms with Crippen molar-refractivity contribution in [3.05, 3.63) is 12.7 Å². The molecule has 0 heterocycles. The molecule has 0 aliphatic carbocycles. The quantitative estimate of drug-likeness (QED) is 0.492. The van der Waals surface area contributed by atoms with Gasteiger partial charge >= 0.3 is 0 Å². The van der Waals surface area contributed by atoms with E-state index in [2.05, 4.69) is 27.4 Å². The highest BCUT2D eigenvalue weighted by molar-refractivity contribution is 4.79. The van der Waals surface area contributed by atoms with Gasteiger partial charge in [-0.05, 0) is 18.3 Å². The maximum absolute atomic E-state index is 3.75. The first-order chi connectivity index (χ1) is 3.72. The van der Waals surface area contributed by atoms with E-state index in [-0.39, 0.29) is 0 Å². The van der Waals surface area contributed by atoms with Crippen LogP contribution in [0.2, 0.25) is 0 Å². The van der Waals surface area contributed by atoms with Crippen molar-refractivity contribution in [1.82, 2.24) is 0 Å². The highest BCUT2D eigenvalue weighted by atomic mass is 14.1. The molecule has 0 N–H and O–H groups in total. The fourth-order valence-corrected chi connectivity index (χ4v) is 0.910. The van der Waals surface area contributed by atoms with Crippen LogP contribution in [-0.4, -0.2) is 0 Å². The molecule has 0 aliphatic rings. The second kappa shape index (κ2) is 3.71. The van der Waals surface area contributed by atoms with Crippen LogP contribution in [0.3, 0.4) is 0 Å². The van der Waals surface area contributed by atoms with Crippen LogP contribution in [0.1, 0.15) is 27.2 Å². The zero-order chi connectivity index (χ0) is 6.57. The molecule has 0 radical (unpaired) electrons. The molecule has 0 saturated heterocycles. The lowest BCUT2D eigenvalue weighted by molar-refractivity contribution is 0.454. The minimum absolute atomic E-state index is 0.718. The van der Waals surface area contributed by atoms with Gasteiger partial charge in [-0.1, -0.05) is 26.8 Å². The van der Waals surface area contributed by atoms with E-state index in [1.54, 1.807) is 0 Å². The minimum Gasteiger partial charge on any atom is -0.103 e. The third kappa shape index (κ3) is 2.15. The Kier molecular flexibility index (Phi) is 3.59. The first-order valence-corrected chi connectivity index (χ1v) is 3.34. The van der Waals surface area contributed by atoms with Gasteiger partial charge in [-0.3, -0.25) is 0 Å². The summed E-state index contributed by atoms with van der Waals surface area (Å²) in [7, 11) is 0. The fraction of sp³-hybridized carbons (Fsp3) is 0.750. The predicted molar refractivity (Wildman–Crippen MR) is 38.8 cm³/mol. The lowest BCUT2D eigenvalue weighted by Gasteiger charge is -2.12. The van der Waals surface area contributed by atoms with Crippen molar-refractivity contribution < 1.29 is 0 Å². The van der Waals surface area contributed by atoms with Crippen molar-refractivity contribution >= 4 is 0 Å². The smallest absolute Gasteiger partial charge is 0.0216 e. The van der Waals surface area contributed by atoms with Crippen LogP contribution in [-0.2, 0) is 0 Å². The van der Waals surface area contributed by atoms with Gasteiger partial charge in [0.25, 0.3) is 0 Å². The van der Waals surface area contributed by atoms with Gasteiger partial charge in [-0.2, -0.15) is 0 Å². The molecule has 0 saturated carbocycles. The van der Waals surface area contributed by atoms with E-state index in [4.69, 9.17) is 0 Å². The average molecular weight is 112 g/mol. The first-order valence-electron chi connectivity index (χ1n) is 3.34. The largest absolute Gasteiger partial charge is 0.103 e.